The zero-order valence-electron chi connectivity index (χ0n) is 5.87. The number of aldehydes is 1. The predicted molar refractivity (Wildman–Crippen MR) is 35.4 cm³/mol. The average molecular weight is 154 g/mol. The SMILES string of the molecule is COC(=O)c1coc(C=O)c1. The molecule has 0 saturated heterocycles. The minimum Gasteiger partial charge on any atom is -0.465 e. The molecular weight excluding hydrogens is 148 g/mol. The summed E-state index contributed by atoms with van der Waals surface area (Å²) in [5.41, 5.74) is 0.245. The molecule has 1 aromatic rings. The molecule has 0 fully saturated rings. The molecule has 58 valence electrons. The van der Waals surface area contributed by atoms with Crippen LogP contribution < -0.4 is 0 Å². The van der Waals surface area contributed by atoms with Gasteiger partial charge in [-0.15, -0.1) is 0 Å². The highest BCUT2D eigenvalue weighted by Crippen LogP contribution is 2.06. The van der Waals surface area contributed by atoms with Gasteiger partial charge >= 0.3 is 5.97 Å². The van der Waals surface area contributed by atoms with Crippen molar-refractivity contribution in [1.82, 2.24) is 0 Å². The second-order valence-electron chi connectivity index (χ2n) is 1.85. The average Bonchev–Trinajstić information content (AvgIpc) is 2.50. The molecule has 0 amide bonds. The molecule has 0 spiro atoms. The van der Waals surface area contributed by atoms with Crippen LogP contribution in [-0.2, 0) is 4.74 Å². The molecule has 0 N–H and O–H groups in total. The maximum atomic E-state index is 10.7. The van der Waals surface area contributed by atoms with Crippen LogP contribution in [0.3, 0.4) is 0 Å². The van der Waals surface area contributed by atoms with Crippen molar-refractivity contribution >= 4 is 12.3 Å². The first-order valence-electron chi connectivity index (χ1n) is 2.90. The van der Waals surface area contributed by atoms with Crippen LogP contribution in [0.4, 0.5) is 0 Å². The molecule has 0 unspecified atom stereocenters. The van der Waals surface area contributed by atoms with Gasteiger partial charge in [0.05, 0.1) is 12.7 Å². The summed E-state index contributed by atoms with van der Waals surface area (Å²) in [6, 6.07) is 1.32. The van der Waals surface area contributed by atoms with Gasteiger partial charge in [0, 0.05) is 6.07 Å². The fraction of sp³-hybridized carbons (Fsp3) is 0.143. The third kappa shape index (κ3) is 1.46. The Hall–Kier alpha value is -1.58. The second kappa shape index (κ2) is 3.01. The molecule has 0 saturated carbocycles. The van der Waals surface area contributed by atoms with Crippen molar-refractivity contribution in [2.45, 2.75) is 0 Å². The van der Waals surface area contributed by atoms with Crippen LogP contribution >= 0.6 is 0 Å². The van der Waals surface area contributed by atoms with E-state index in [1.54, 1.807) is 0 Å². The molecule has 4 heteroatoms. The lowest BCUT2D eigenvalue weighted by atomic mass is 10.3. The summed E-state index contributed by atoms with van der Waals surface area (Å²) >= 11 is 0. The first-order chi connectivity index (χ1) is 5.27. The maximum Gasteiger partial charge on any atom is 0.341 e. The zero-order valence-corrected chi connectivity index (χ0v) is 5.87. The number of carbonyl (C=O) groups excluding carboxylic acids is 2. The van der Waals surface area contributed by atoms with Crippen LogP contribution in [0.25, 0.3) is 0 Å². The van der Waals surface area contributed by atoms with Crippen molar-refractivity contribution in [2.75, 3.05) is 7.11 Å². The third-order valence-corrected chi connectivity index (χ3v) is 1.16. The minimum absolute atomic E-state index is 0.116. The Balaban J connectivity index is 2.88. The van der Waals surface area contributed by atoms with E-state index in [0.29, 0.717) is 6.29 Å². The van der Waals surface area contributed by atoms with E-state index in [1.165, 1.54) is 19.4 Å². The van der Waals surface area contributed by atoms with E-state index in [4.69, 9.17) is 0 Å². The molecule has 1 rings (SSSR count). The van der Waals surface area contributed by atoms with Crippen LogP contribution in [0.5, 0.6) is 0 Å². The monoisotopic (exact) mass is 154 g/mol. The lowest BCUT2D eigenvalue weighted by Gasteiger charge is -1.89. The summed E-state index contributed by atoms with van der Waals surface area (Å²) in [6.45, 7) is 0. The van der Waals surface area contributed by atoms with Gasteiger partial charge in [-0.05, 0) is 0 Å². The van der Waals surface area contributed by atoms with E-state index in [9.17, 15) is 9.59 Å². The van der Waals surface area contributed by atoms with Crippen LogP contribution in [0.2, 0.25) is 0 Å². The Morgan fingerprint density at radius 1 is 1.73 bits per heavy atom. The van der Waals surface area contributed by atoms with Crippen molar-refractivity contribution in [1.29, 1.82) is 0 Å². The Labute approximate surface area is 62.8 Å². The molecule has 0 bridgehead atoms. The van der Waals surface area contributed by atoms with Crippen molar-refractivity contribution in [3.63, 3.8) is 0 Å². The van der Waals surface area contributed by atoms with E-state index in [2.05, 4.69) is 9.15 Å². The van der Waals surface area contributed by atoms with Crippen LogP contribution in [0.15, 0.2) is 16.7 Å². The molecule has 4 nitrogen and oxygen atoms in total. The van der Waals surface area contributed by atoms with Crippen molar-refractivity contribution < 1.29 is 18.7 Å². The highest BCUT2D eigenvalue weighted by Gasteiger charge is 2.08. The van der Waals surface area contributed by atoms with Gasteiger partial charge in [-0.25, -0.2) is 4.79 Å². The van der Waals surface area contributed by atoms with Gasteiger partial charge in [0.15, 0.2) is 12.0 Å². The molecule has 0 aromatic carbocycles. The number of rotatable bonds is 2. The van der Waals surface area contributed by atoms with E-state index in [1.807, 2.05) is 0 Å². The number of hydrogen-bond donors (Lipinski definition) is 0. The molecule has 0 atom stereocenters. The first-order valence-corrected chi connectivity index (χ1v) is 2.90. The number of methoxy groups -OCH3 is 1. The molecule has 0 radical (unpaired) electrons. The summed E-state index contributed by atoms with van der Waals surface area (Å²) in [5.74, 6) is -0.396. The van der Waals surface area contributed by atoms with E-state index >= 15 is 0 Å². The van der Waals surface area contributed by atoms with Crippen molar-refractivity contribution in [2.24, 2.45) is 0 Å². The minimum atomic E-state index is -0.512. The fourth-order valence-corrected chi connectivity index (χ4v) is 0.640. The van der Waals surface area contributed by atoms with Crippen LogP contribution in [0, 0.1) is 0 Å². The number of esters is 1. The van der Waals surface area contributed by atoms with Crippen LogP contribution in [-0.4, -0.2) is 19.4 Å². The quantitative estimate of drug-likeness (QED) is 0.468. The zero-order chi connectivity index (χ0) is 8.27. The summed E-state index contributed by atoms with van der Waals surface area (Å²) < 4.78 is 9.05. The fourth-order valence-electron chi connectivity index (χ4n) is 0.640. The van der Waals surface area contributed by atoms with Gasteiger partial charge in [0.1, 0.15) is 6.26 Å². The Bertz CT molecular complexity index is 274. The number of furan rings is 1. The van der Waals surface area contributed by atoms with Gasteiger partial charge in [0.2, 0.25) is 0 Å². The van der Waals surface area contributed by atoms with E-state index in [-0.39, 0.29) is 11.3 Å². The molecule has 0 aliphatic heterocycles. The highest BCUT2D eigenvalue weighted by atomic mass is 16.5. The summed E-state index contributed by atoms with van der Waals surface area (Å²) in [4.78, 5) is 20.8. The molecule has 1 aromatic heterocycles. The topological polar surface area (TPSA) is 56.5 Å². The van der Waals surface area contributed by atoms with Crippen molar-refractivity contribution in [3.05, 3.63) is 23.7 Å². The molecule has 1 heterocycles. The molecule has 0 aliphatic rings. The van der Waals surface area contributed by atoms with Crippen molar-refractivity contribution in [3.8, 4) is 0 Å². The second-order valence-corrected chi connectivity index (χ2v) is 1.85. The smallest absolute Gasteiger partial charge is 0.341 e. The highest BCUT2D eigenvalue weighted by molar-refractivity contribution is 5.90. The lowest BCUT2D eigenvalue weighted by Crippen LogP contribution is -1.98. The number of hydrogen-bond acceptors (Lipinski definition) is 4. The largest absolute Gasteiger partial charge is 0.465 e. The third-order valence-electron chi connectivity index (χ3n) is 1.16. The van der Waals surface area contributed by atoms with Gasteiger partial charge in [-0.1, -0.05) is 0 Å². The van der Waals surface area contributed by atoms with E-state index < -0.39 is 5.97 Å². The summed E-state index contributed by atoms with van der Waals surface area (Å²) in [5, 5.41) is 0. The standard InChI is InChI=1S/C7H6O4/c1-10-7(9)5-2-6(3-8)11-4-5/h2-4H,1H3. The predicted octanol–water partition coefficient (Wildman–Crippen LogP) is 0.879. The lowest BCUT2D eigenvalue weighted by molar-refractivity contribution is 0.0600. The van der Waals surface area contributed by atoms with Crippen LogP contribution in [0.1, 0.15) is 20.9 Å². The normalized spacial score (nSPS) is 9.18. The van der Waals surface area contributed by atoms with Gasteiger partial charge in [-0.3, -0.25) is 4.79 Å². The first kappa shape index (κ1) is 7.53. The maximum absolute atomic E-state index is 10.7. The van der Waals surface area contributed by atoms with Gasteiger partial charge in [-0.2, -0.15) is 0 Å². The molecule has 11 heavy (non-hydrogen) atoms. The number of carbonyl (C=O) groups is 2. The Morgan fingerprint density at radius 3 is 2.91 bits per heavy atom. The van der Waals surface area contributed by atoms with E-state index in [0.717, 1.165) is 0 Å². The number of ether oxygens (including phenoxy) is 1. The summed E-state index contributed by atoms with van der Waals surface area (Å²) in [6.07, 6.45) is 1.70. The Morgan fingerprint density at radius 2 is 2.45 bits per heavy atom. The summed E-state index contributed by atoms with van der Waals surface area (Å²) in [7, 11) is 1.26. The molecule has 0 aliphatic carbocycles. The Kier molecular flexibility index (Phi) is 2.06. The van der Waals surface area contributed by atoms with Gasteiger partial charge in [0.25, 0.3) is 0 Å². The molecular formula is C7H6O4. The van der Waals surface area contributed by atoms with Gasteiger partial charge < -0.3 is 9.15 Å².